The van der Waals surface area contributed by atoms with Gasteiger partial charge in [0.05, 0.1) is 9.72 Å². The molecule has 0 atom stereocenters. The molecule has 0 aliphatic rings. The Morgan fingerprint density at radius 3 is 2.76 bits per heavy atom. The maximum atomic E-state index is 6.22. The molecule has 0 saturated heterocycles. The van der Waals surface area contributed by atoms with E-state index < -0.39 is 0 Å². The third-order valence-electron chi connectivity index (χ3n) is 2.85. The summed E-state index contributed by atoms with van der Waals surface area (Å²) in [6.45, 7) is 8.63. The van der Waals surface area contributed by atoms with Crippen LogP contribution in [0.5, 0.6) is 0 Å². The largest absolute Gasteiger partial charge is 0.312 e. The second-order valence-corrected chi connectivity index (χ2v) is 6.30. The summed E-state index contributed by atoms with van der Waals surface area (Å²) in [5.41, 5.74) is 1.36. The van der Waals surface area contributed by atoms with E-state index in [0.717, 1.165) is 18.1 Å². The number of hydrogen-bond acceptors (Lipinski definition) is 2. The predicted octanol–water partition coefficient (Wildman–Crippen LogP) is 4.61. The molecule has 1 aromatic heterocycles. The average molecular weight is 268 g/mol. The van der Waals surface area contributed by atoms with E-state index in [4.69, 9.17) is 11.6 Å². The SMILES string of the molecule is Cc1c(CNCC(C)C)sc2c(Cl)cccc12. The van der Waals surface area contributed by atoms with Crippen LogP contribution in [0, 0.1) is 12.8 Å². The van der Waals surface area contributed by atoms with Crippen molar-refractivity contribution < 1.29 is 0 Å². The molecular formula is C14H18ClNS. The third kappa shape index (κ3) is 2.82. The Balaban J connectivity index is 2.23. The number of hydrogen-bond donors (Lipinski definition) is 1. The zero-order valence-corrected chi connectivity index (χ0v) is 12.1. The van der Waals surface area contributed by atoms with Gasteiger partial charge in [0.1, 0.15) is 0 Å². The van der Waals surface area contributed by atoms with Crippen molar-refractivity contribution in [2.75, 3.05) is 6.54 Å². The van der Waals surface area contributed by atoms with Crippen LogP contribution in [0.1, 0.15) is 24.3 Å². The van der Waals surface area contributed by atoms with E-state index in [2.05, 4.69) is 32.2 Å². The molecule has 0 aliphatic carbocycles. The van der Waals surface area contributed by atoms with E-state index in [-0.39, 0.29) is 0 Å². The lowest BCUT2D eigenvalue weighted by atomic mass is 10.1. The molecule has 1 nitrogen and oxygen atoms in total. The maximum absolute atomic E-state index is 6.22. The number of aryl methyl sites for hydroxylation is 1. The van der Waals surface area contributed by atoms with Gasteiger partial charge in [0.25, 0.3) is 0 Å². The van der Waals surface area contributed by atoms with Gasteiger partial charge in [0, 0.05) is 11.4 Å². The third-order valence-corrected chi connectivity index (χ3v) is 4.62. The second kappa shape index (κ2) is 5.38. The van der Waals surface area contributed by atoms with E-state index in [1.807, 2.05) is 23.5 Å². The molecular weight excluding hydrogens is 250 g/mol. The Kier molecular flexibility index (Phi) is 4.08. The van der Waals surface area contributed by atoms with Crippen LogP contribution in [0.4, 0.5) is 0 Å². The Labute approximate surface area is 112 Å². The van der Waals surface area contributed by atoms with Gasteiger partial charge >= 0.3 is 0 Å². The van der Waals surface area contributed by atoms with Crippen molar-refractivity contribution in [1.29, 1.82) is 0 Å². The van der Waals surface area contributed by atoms with Gasteiger partial charge in [-0.1, -0.05) is 37.6 Å². The first kappa shape index (κ1) is 12.9. The Hall–Kier alpha value is -0.570. The zero-order chi connectivity index (χ0) is 12.4. The molecule has 0 radical (unpaired) electrons. The molecule has 3 heteroatoms. The number of halogens is 1. The van der Waals surface area contributed by atoms with E-state index in [1.54, 1.807) is 0 Å². The molecule has 2 aromatic rings. The smallest absolute Gasteiger partial charge is 0.0584 e. The minimum absolute atomic E-state index is 0.688. The minimum atomic E-state index is 0.688. The summed E-state index contributed by atoms with van der Waals surface area (Å²) in [7, 11) is 0. The first-order valence-electron chi connectivity index (χ1n) is 5.96. The number of thiophene rings is 1. The Morgan fingerprint density at radius 1 is 1.35 bits per heavy atom. The van der Waals surface area contributed by atoms with Gasteiger partial charge in [-0.25, -0.2) is 0 Å². The van der Waals surface area contributed by atoms with E-state index in [9.17, 15) is 0 Å². The molecule has 2 rings (SSSR count). The Bertz CT molecular complexity index is 516. The number of nitrogens with one attached hydrogen (secondary N) is 1. The number of rotatable bonds is 4. The summed E-state index contributed by atoms with van der Waals surface area (Å²) in [6, 6.07) is 6.14. The van der Waals surface area contributed by atoms with Gasteiger partial charge in [-0.05, 0) is 36.4 Å². The van der Waals surface area contributed by atoms with Gasteiger partial charge in [-0.3, -0.25) is 0 Å². The highest BCUT2D eigenvalue weighted by Crippen LogP contribution is 2.35. The van der Waals surface area contributed by atoms with Crippen molar-refractivity contribution in [1.82, 2.24) is 5.32 Å². The fraction of sp³-hybridized carbons (Fsp3) is 0.429. The van der Waals surface area contributed by atoms with E-state index in [0.29, 0.717) is 5.92 Å². The van der Waals surface area contributed by atoms with Gasteiger partial charge in [0.2, 0.25) is 0 Å². The van der Waals surface area contributed by atoms with Gasteiger partial charge in [-0.2, -0.15) is 0 Å². The van der Waals surface area contributed by atoms with Gasteiger partial charge in [0.15, 0.2) is 0 Å². The highest BCUT2D eigenvalue weighted by Gasteiger charge is 2.10. The monoisotopic (exact) mass is 267 g/mol. The molecule has 1 heterocycles. The summed E-state index contributed by atoms with van der Waals surface area (Å²) in [5.74, 6) is 0.688. The predicted molar refractivity (Wildman–Crippen MR) is 78.1 cm³/mol. The average Bonchev–Trinajstić information content (AvgIpc) is 2.58. The van der Waals surface area contributed by atoms with Crippen molar-refractivity contribution in [3.05, 3.63) is 33.7 Å². The zero-order valence-electron chi connectivity index (χ0n) is 10.5. The highest BCUT2D eigenvalue weighted by atomic mass is 35.5. The summed E-state index contributed by atoms with van der Waals surface area (Å²) >= 11 is 8.02. The van der Waals surface area contributed by atoms with Crippen molar-refractivity contribution in [2.45, 2.75) is 27.3 Å². The molecule has 1 aromatic carbocycles. The summed E-state index contributed by atoms with van der Waals surface area (Å²) in [6.07, 6.45) is 0. The topological polar surface area (TPSA) is 12.0 Å². The van der Waals surface area contributed by atoms with Crippen LogP contribution >= 0.6 is 22.9 Å². The molecule has 0 spiro atoms. The quantitative estimate of drug-likeness (QED) is 0.853. The molecule has 17 heavy (non-hydrogen) atoms. The van der Waals surface area contributed by atoms with Crippen molar-refractivity contribution in [3.8, 4) is 0 Å². The molecule has 0 fully saturated rings. The Morgan fingerprint density at radius 2 is 2.12 bits per heavy atom. The van der Waals surface area contributed by atoms with Crippen LogP contribution in [0.2, 0.25) is 5.02 Å². The van der Waals surface area contributed by atoms with E-state index >= 15 is 0 Å². The van der Waals surface area contributed by atoms with Crippen LogP contribution in [0.15, 0.2) is 18.2 Å². The van der Waals surface area contributed by atoms with Crippen molar-refractivity contribution >= 4 is 33.0 Å². The standard InChI is InChI=1S/C14H18ClNS/c1-9(2)7-16-8-13-10(3)11-5-4-6-12(15)14(11)17-13/h4-6,9,16H,7-8H2,1-3H3. The van der Waals surface area contributed by atoms with Crippen LogP contribution in [-0.2, 0) is 6.54 Å². The number of benzene rings is 1. The lowest BCUT2D eigenvalue weighted by Crippen LogP contribution is -2.18. The molecule has 0 saturated carbocycles. The first-order valence-corrected chi connectivity index (χ1v) is 7.16. The normalized spacial score (nSPS) is 11.6. The second-order valence-electron chi connectivity index (χ2n) is 4.79. The van der Waals surface area contributed by atoms with Crippen molar-refractivity contribution in [3.63, 3.8) is 0 Å². The van der Waals surface area contributed by atoms with Crippen LogP contribution < -0.4 is 5.32 Å². The summed E-state index contributed by atoms with van der Waals surface area (Å²) in [4.78, 5) is 1.40. The molecule has 0 unspecified atom stereocenters. The molecule has 92 valence electrons. The lowest BCUT2D eigenvalue weighted by molar-refractivity contribution is 0.554. The first-order chi connectivity index (χ1) is 8.09. The fourth-order valence-electron chi connectivity index (χ4n) is 1.90. The fourth-order valence-corrected chi connectivity index (χ4v) is 3.37. The van der Waals surface area contributed by atoms with Gasteiger partial charge < -0.3 is 5.32 Å². The molecule has 0 amide bonds. The molecule has 0 aliphatic heterocycles. The minimum Gasteiger partial charge on any atom is -0.312 e. The van der Waals surface area contributed by atoms with E-state index in [1.165, 1.54) is 20.5 Å². The highest BCUT2D eigenvalue weighted by molar-refractivity contribution is 7.20. The van der Waals surface area contributed by atoms with Crippen LogP contribution in [0.3, 0.4) is 0 Å². The number of fused-ring (bicyclic) bond motifs is 1. The van der Waals surface area contributed by atoms with Crippen molar-refractivity contribution in [2.24, 2.45) is 5.92 Å². The lowest BCUT2D eigenvalue weighted by Gasteiger charge is -2.06. The summed E-state index contributed by atoms with van der Waals surface area (Å²) < 4.78 is 1.22. The maximum Gasteiger partial charge on any atom is 0.0584 e. The molecule has 1 N–H and O–H groups in total. The molecule has 0 bridgehead atoms. The van der Waals surface area contributed by atoms with Crippen LogP contribution in [-0.4, -0.2) is 6.54 Å². The summed E-state index contributed by atoms with van der Waals surface area (Å²) in [5, 5.41) is 5.65. The van der Waals surface area contributed by atoms with Gasteiger partial charge in [-0.15, -0.1) is 11.3 Å². The van der Waals surface area contributed by atoms with Crippen LogP contribution in [0.25, 0.3) is 10.1 Å².